The van der Waals surface area contributed by atoms with Crippen molar-refractivity contribution >= 4 is 15.7 Å². The van der Waals surface area contributed by atoms with Crippen LogP contribution in [0, 0.1) is 0 Å². The Labute approximate surface area is 141 Å². The van der Waals surface area contributed by atoms with Crippen LogP contribution in [0.15, 0.2) is 36.5 Å². The van der Waals surface area contributed by atoms with E-state index in [9.17, 15) is 13.2 Å². The molecule has 1 atom stereocenters. The summed E-state index contributed by atoms with van der Waals surface area (Å²) in [5.74, 6) is -0.0715. The molecule has 0 aliphatic carbocycles. The smallest absolute Gasteiger partial charge is 0.255 e. The predicted molar refractivity (Wildman–Crippen MR) is 91.7 cm³/mol. The van der Waals surface area contributed by atoms with Gasteiger partial charge in [0.15, 0.2) is 9.84 Å². The van der Waals surface area contributed by atoms with Crippen LogP contribution < -0.4 is 5.32 Å². The number of hydrogen-bond donors (Lipinski definition) is 1. The molecule has 1 aromatic heterocycles. The van der Waals surface area contributed by atoms with Gasteiger partial charge in [0.05, 0.1) is 35.5 Å². The number of aromatic nitrogens is 2. The van der Waals surface area contributed by atoms with Gasteiger partial charge < -0.3 is 5.32 Å². The maximum atomic E-state index is 12.5. The van der Waals surface area contributed by atoms with Crippen molar-refractivity contribution in [2.24, 2.45) is 0 Å². The van der Waals surface area contributed by atoms with E-state index in [4.69, 9.17) is 0 Å². The monoisotopic (exact) mass is 347 g/mol. The van der Waals surface area contributed by atoms with Crippen molar-refractivity contribution in [2.75, 3.05) is 11.5 Å². The second kappa shape index (κ2) is 6.76. The third kappa shape index (κ3) is 3.67. The minimum atomic E-state index is -3.01. The Bertz CT molecular complexity index is 828. The highest BCUT2D eigenvalue weighted by Gasteiger charge is 2.30. The molecule has 0 spiro atoms. The van der Waals surface area contributed by atoms with Crippen LogP contribution >= 0.6 is 0 Å². The molecule has 7 heteroatoms. The first-order valence-corrected chi connectivity index (χ1v) is 9.90. The fourth-order valence-corrected chi connectivity index (χ4v) is 4.71. The zero-order valence-electron chi connectivity index (χ0n) is 13.6. The number of hydrogen-bond acceptors (Lipinski definition) is 4. The highest BCUT2D eigenvalue weighted by Crippen LogP contribution is 2.15. The molecule has 1 fully saturated rings. The molecule has 1 aromatic carbocycles. The fraction of sp³-hybridized carbons (Fsp3) is 0.412. The van der Waals surface area contributed by atoms with E-state index in [1.165, 1.54) is 0 Å². The maximum Gasteiger partial charge on any atom is 0.255 e. The molecule has 2 heterocycles. The zero-order valence-corrected chi connectivity index (χ0v) is 14.4. The lowest BCUT2D eigenvalue weighted by Gasteiger charge is -2.12. The SMILES string of the molecule is CCc1c(C(=O)N[C@H]2CCS(=O)(=O)C2)cnn1Cc1ccccc1. The van der Waals surface area contributed by atoms with Gasteiger partial charge in [0.1, 0.15) is 0 Å². The van der Waals surface area contributed by atoms with Crippen molar-refractivity contribution in [3.8, 4) is 0 Å². The number of carbonyl (C=O) groups excluding carboxylic acids is 1. The number of amides is 1. The van der Waals surface area contributed by atoms with Crippen LogP contribution in [0.1, 0.15) is 35.0 Å². The summed E-state index contributed by atoms with van der Waals surface area (Å²) in [6.07, 6.45) is 2.73. The van der Waals surface area contributed by atoms with E-state index in [2.05, 4.69) is 10.4 Å². The van der Waals surface area contributed by atoms with Crippen molar-refractivity contribution in [3.05, 3.63) is 53.3 Å². The van der Waals surface area contributed by atoms with Crippen LogP contribution in [0.5, 0.6) is 0 Å². The van der Waals surface area contributed by atoms with E-state index >= 15 is 0 Å². The summed E-state index contributed by atoms with van der Waals surface area (Å²) < 4.78 is 24.9. The molecule has 1 aliphatic heterocycles. The molecule has 1 aliphatic rings. The molecule has 3 rings (SSSR count). The number of carbonyl (C=O) groups is 1. The van der Waals surface area contributed by atoms with Gasteiger partial charge in [-0.05, 0) is 18.4 Å². The second-order valence-electron chi connectivity index (χ2n) is 6.08. The molecular formula is C17H21N3O3S. The molecule has 0 saturated carbocycles. The van der Waals surface area contributed by atoms with Gasteiger partial charge in [0, 0.05) is 6.04 Å². The molecule has 0 radical (unpaired) electrons. The first kappa shape index (κ1) is 16.7. The summed E-state index contributed by atoms with van der Waals surface area (Å²) in [6.45, 7) is 2.59. The first-order chi connectivity index (χ1) is 11.5. The summed E-state index contributed by atoms with van der Waals surface area (Å²) in [5.41, 5.74) is 2.50. The topological polar surface area (TPSA) is 81.1 Å². The van der Waals surface area contributed by atoms with Gasteiger partial charge in [-0.25, -0.2) is 8.42 Å². The first-order valence-electron chi connectivity index (χ1n) is 8.08. The molecule has 1 N–H and O–H groups in total. The molecular weight excluding hydrogens is 326 g/mol. The van der Waals surface area contributed by atoms with Gasteiger partial charge in [-0.1, -0.05) is 37.3 Å². The van der Waals surface area contributed by atoms with Crippen LogP contribution in [-0.2, 0) is 22.8 Å². The van der Waals surface area contributed by atoms with Crippen molar-refractivity contribution in [1.82, 2.24) is 15.1 Å². The van der Waals surface area contributed by atoms with Gasteiger partial charge in [-0.15, -0.1) is 0 Å². The molecule has 0 unspecified atom stereocenters. The third-order valence-electron chi connectivity index (χ3n) is 4.27. The predicted octanol–water partition coefficient (Wildman–Crippen LogP) is 1.41. The van der Waals surface area contributed by atoms with Gasteiger partial charge in [-0.2, -0.15) is 5.10 Å². The van der Waals surface area contributed by atoms with E-state index in [1.807, 2.05) is 41.9 Å². The van der Waals surface area contributed by atoms with E-state index < -0.39 is 9.84 Å². The van der Waals surface area contributed by atoms with Crippen LogP contribution in [0.2, 0.25) is 0 Å². The Balaban J connectivity index is 1.75. The number of nitrogens with zero attached hydrogens (tertiary/aromatic N) is 2. The number of nitrogens with one attached hydrogen (secondary N) is 1. The van der Waals surface area contributed by atoms with Crippen LogP contribution in [-0.4, -0.2) is 41.7 Å². The summed E-state index contributed by atoms with van der Waals surface area (Å²) >= 11 is 0. The van der Waals surface area contributed by atoms with Crippen molar-refractivity contribution in [2.45, 2.75) is 32.4 Å². The van der Waals surface area contributed by atoms with Gasteiger partial charge in [-0.3, -0.25) is 9.48 Å². The van der Waals surface area contributed by atoms with Gasteiger partial charge in [0.25, 0.3) is 5.91 Å². The minimum absolute atomic E-state index is 0.0261. The standard InChI is InChI=1S/C17H21N3O3S/c1-2-16-15(17(21)19-14-8-9-24(22,23)12-14)10-18-20(16)11-13-6-4-3-5-7-13/h3-7,10,14H,2,8-9,11-12H2,1H3,(H,19,21)/t14-/m0/s1. The lowest BCUT2D eigenvalue weighted by molar-refractivity contribution is 0.0940. The normalized spacial score (nSPS) is 19.3. The Kier molecular flexibility index (Phi) is 4.71. The Hall–Kier alpha value is -2.15. The molecule has 24 heavy (non-hydrogen) atoms. The van der Waals surface area contributed by atoms with Gasteiger partial charge >= 0.3 is 0 Å². The Morgan fingerprint density at radius 3 is 2.71 bits per heavy atom. The fourth-order valence-electron chi connectivity index (χ4n) is 3.04. The van der Waals surface area contributed by atoms with Crippen molar-refractivity contribution in [1.29, 1.82) is 0 Å². The van der Waals surface area contributed by atoms with Crippen LogP contribution in [0.4, 0.5) is 0 Å². The molecule has 0 bridgehead atoms. The number of benzene rings is 1. The molecule has 1 amide bonds. The number of rotatable bonds is 5. The molecule has 128 valence electrons. The summed E-state index contributed by atoms with van der Waals surface area (Å²) in [5, 5.41) is 7.18. The highest BCUT2D eigenvalue weighted by atomic mass is 32.2. The quantitative estimate of drug-likeness (QED) is 0.887. The summed E-state index contributed by atoms with van der Waals surface area (Å²) in [6, 6.07) is 9.64. The average Bonchev–Trinajstić information content (AvgIpc) is 3.11. The van der Waals surface area contributed by atoms with E-state index in [0.717, 1.165) is 11.3 Å². The summed E-state index contributed by atoms with van der Waals surface area (Å²) in [7, 11) is -3.01. The lowest BCUT2D eigenvalue weighted by atomic mass is 10.1. The van der Waals surface area contributed by atoms with E-state index in [1.54, 1.807) is 6.20 Å². The van der Waals surface area contributed by atoms with Gasteiger partial charge in [0.2, 0.25) is 0 Å². The largest absolute Gasteiger partial charge is 0.348 e. The third-order valence-corrected chi connectivity index (χ3v) is 6.04. The summed E-state index contributed by atoms with van der Waals surface area (Å²) in [4.78, 5) is 12.5. The minimum Gasteiger partial charge on any atom is -0.348 e. The highest BCUT2D eigenvalue weighted by molar-refractivity contribution is 7.91. The maximum absolute atomic E-state index is 12.5. The molecule has 6 nitrogen and oxygen atoms in total. The van der Waals surface area contributed by atoms with E-state index in [0.29, 0.717) is 24.9 Å². The zero-order chi connectivity index (χ0) is 17.2. The van der Waals surface area contributed by atoms with Crippen molar-refractivity contribution < 1.29 is 13.2 Å². The van der Waals surface area contributed by atoms with Crippen LogP contribution in [0.25, 0.3) is 0 Å². The van der Waals surface area contributed by atoms with E-state index in [-0.39, 0.29) is 23.5 Å². The second-order valence-corrected chi connectivity index (χ2v) is 8.30. The molecule has 1 saturated heterocycles. The average molecular weight is 347 g/mol. The number of sulfone groups is 1. The Morgan fingerprint density at radius 1 is 1.33 bits per heavy atom. The lowest BCUT2D eigenvalue weighted by Crippen LogP contribution is -2.36. The van der Waals surface area contributed by atoms with Crippen LogP contribution in [0.3, 0.4) is 0 Å². The molecule has 2 aromatic rings. The van der Waals surface area contributed by atoms with Crippen molar-refractivity contribution in [3.63, 3.8) is 0 Å². The Morgan fingerprint density at radius 2 is 2.08 bits per heavy atom.